The van der Waals surface area contributed by atoms with Crippen LogP contribution >= 0.6 is 0 Å². The number of amides is 1. The van der Waals surface area contributed by atoms with Gasteiger partial charge in [-0.2, -0.15) is 0 Å². The molecule has 1 aliphatic rings. The Morgan fingerprint density at radius 3 is 2.17 bits per heavy atom. The second-order valence-electron chi connectivity index (χ2n) is 4.55. The van der Waals surface area contributed by atoms with Gasteiger partial charge in [0.2, 0.25) is 23.2 Å². The number of methoxy groups -OCH3 is 2. The molecule has 0 aromatic rings. The highest BCUT2D eigenvalue weighted by Crippen LogP contribution is 2.27. The van der Waals surface area contributed by atoms with Crippen molar-refractivity contribution in [3.8, 4) is 0 Å². The molecule has 0 saturated carbocycles. The molecule has 1 rings (SSSR count). The smallest absolute Gasteiger partial charge is 0.305 e. The summed E-state index contributed by atoms with van der Waals surface area (Å²) in [7, 11) is 2.29. The molecule has 9 nitrogen and oxygen atoms in total. The topological polar surface area (TPSA) is 139 Å². The lowest BCUT2D eigenvalue weighted by molar-refractivity contribution is -0.137. The molecular weight excluding hydrogens is 310 g/mol. The Balaban J connectivity index is 2.78. The van der Waals surface area contributed by atoms with Crippen molar-refractivity contribution in [2.75, 3.05) is 20.8 Å². The van der Waals surface area contributed by atoms with Gasteiger partial charge < -0.3 is 25.0 Å². The summed E-state index contributed by atoms with van der Waals surface area (Å²) in [6, 6.07) is 0. The number of rotatable bonds is 8. The minimum atomic E-state index is -1.05. The number of nitrogens with one attached hydrogen (secondary N) is 1. The first kappa shape index (κ1) is 18.2. The number of allylic oxidation sites excluding steroid dienone is 1. The zero-order chi connectivity index (χ0) is 17.6. The molecule has 126 valence electrons. The summed E-state index contributed by atoms with van der Waals surface area (Å²) in [5.41, 5.74) is -0.0828. The van der Waals surface area contributed by atoms with Gasteiger partial charge in [0.05, 0.1) is 26.2 Å². The van der Waals surface area contributed by atoms with Crippen molar-refractivity contribution in [2.24, 2.45) is 0 Å². The zero-order valence-electron chi connectivity index (χ0n) is 12.7. The number of aliphatic carboxylic acids is 1. The zero-order valence-corrected chi connectivity index (χ0v) is 12.7. The second kappa shape index (κ2) is 7.97. The molecule has 0 fully saturated rings. The van der Waals surface area contributed by atoms with Crippen LogP contribution in [0.1, 0.15) is 19.3 Å². The van der Waals surface area contributed by atoms with Gasteiger partial charge >= 0.3 is 5.97 Å². The number of hydrogen-bond donors (Lipinski definition) is 3. The summed E-state index contributed by atoms with van der Waals surface area (Å²) in [6.45, 7) is -0.0404. The van der Waals surface area contributed by atoms with Gasteiger partial charge in [-0.25, -0.2) is 0 Å². The van der Waals surface area contributed by atoms with Gasteiger partial charge in [0.15, 0.2) is 5.76 Å². The first-order valence-corrected chi connectivity index (χ1v) is 6.65. The SMILES string of the molecule is COC1=C(O)C(=O)C(OC)=C(CCC(=O)NCCC(=O)O)C1=O. The second-order valence-corrected chi connectivity index (χ2v) is 4.55. The first-order valence-electron chi connectivity index (χ1n) is 6.65. The number of ether oxygens (including phenoxy) is 2. The summed E-state index contributed by atoms with van der Waals surface area (Å²) in [4.78, 5) is 46.0. The van der Waals surface area contributed by atoms with E-state index < -0.39 is 35.0 Å². The van der Waals surface area contributed by atoms with Gasteiger partial charge in [-0.05, 0) is 6.42 Å². The van der Waals surface area contributed by atoms with Crippen molar-refractivity contribution in [2.45, 2.75) is 19.3 Å². The van der Waals surface area contributed by atoms with E-state index in [1.165, 1.54) is 7.11 Å². The molecule has 23 heavy (non-hydrogen) atoms. The molecule has 0 bridgehead atoms. The van der Waals surface area contributed by atoms with Crippen LogP contribution in [0.2, 0.25) is 0 Å². The fraction of sp³-hybridized carbons (Fsp3) is 0.429. The molecule has 0 radical (unpaired) electrons. The van der Waals surface area contributed by atoms with Crippen LogP contribution in [0.3, 0.4) is 0 Å². The van der Waals surface area contributed by atoms with E-state index in [2.05, 4.69) is 5.32 Å². The van der Waals surface area contributed by atoms with Crippen LogP contribution in [0, 0.1) is 0 Å². The Bertz CT molecular complexity index is 602. The number of carboxylic acids is 1. The highest BCUT2D eigenvalue weighted by atomic mass is 16.5. The molecule has 0 aliphatic heterocycles. The van der Waals surface area contributed by atoms with Crippen molar-refractivity contribution in [1.82, 2.24) is 5.32 Å². The van der Waals surface area contributed by atoms with Crippen molar-refractivity contribution in [3.63, 3.8) is 0 Å². The average molecular weight is 327 g/mol. The van der Waals surface area contributed by atoms with E-state index >= 15 is 0 Å². The van der Waals surface area contributed by atoms with E-state index in [-0.39, 0.29) is 37.1 Å². The Kier molecular flexibility index (Phi) is 6.31. The standard InChI is InChI=1S/C14H17NO8/c1-22-13-7(3-4-8(16)15-6-5-9(17)18)10(19)14(23-2)12(21)11(13)20/h21H,3-6H2,1-2H3,(H,15,16)(H,17,18). The number of ketones is 2. The van der Waals surface area contributed by atoms with E-state index in [0.29, 0.717) is 0 Å². The monoisotopic (exact) mass is 327 g/mol. The molecule has 1 aliphatic carbocycles. The molecule has 0 atom stereocenters. The number of carbonyl (C=O) groups is 4. The van der Waals surface area contributed by atoms with Gasteiger partial charge in [0, 0.05) is 13.0 Å². The molecule has 0 heterocycles. The third-order valence-electron chi connectivity index (χ3n) is 3.06. The molecule has 9 heteroatoms. The maximum atomic E-state index is 12.2. The summed E-state index contributed by atoms with van der Waals surface area (Å²) < 4.78 is 9.56. The molecule has 0 aromatic carbocycles. The van der Waals surface area contributed by atoms with Crippen LogP contribution in [-0.4, -0.2) is 54.4 Å². The van der Waals surface area contributed by atoms with Gasteiger partial charge in [-0.3, -0.25) is 19.2 Å². The summed E-state index contributed by atoms with van der Waals surface area (Å²) >= 11 is 0. The van der Waals surface area contributed by atoms with E-state index in [4.69, 9.17) is 14.6 Å². The summed E-state index contributed by atoms with van der Waals surface area (Å²) in [5.74, 6) is -4.85. The molecule has 0 aromatic heterocycles. The molecule has 3 N–H and O–H groups in total. The van der Waals surface area contributed by atoms with Crippen LogP contribution < -0.4 is 5.32 Å². The largest absolute Gasteiger partial charge is 0.501 e. The minimum Gasteiger partial charge on any atom is -0.501 e. The molecule has 0 spiro atoms. The van der Waals surface area contributed by atoms with Crippen LogP contribution in [0.5, 0.6) is 0 Å². The normalized spacial score (nSPS) is 14.9. The third kappa shape index (κ3) is 4.31. The number of carbonyl (C=O) groups excluding carboxylic acids is 3. The number of aliphatic hydroxyl groups excluding tert-OH is 1. The Morgan fingerprint density at radius 1 is 1.04 bits per heavy atom. The van der Waals surface area contributed by atoms with Crippen molar-refractivity contribution < 1.29 is 38.9 Å². The van der Waals surface area contributed by atoms with Gasteiger partial charge in [-0.1, -0.05) is 0 Å². The third-order valence-corrected chi connectivity index (χ3v) is 3.06. The van der Waals surface area contributed by atoms with E-state index in [1.807, 2.05) is 0 Å². The highest BCUT2D eigenvalue weighted by Gasteiger charge is 2.36. The Labute approximate surface area is 131 Å². The number of Topliss-reactive ketones (excluding diaryl/α,β-unsaturated/α-hetero) is 2. The Morgan fingerprint density at radius 2 is 1.65 bits per heavy atom. The lowest BCUT2D eigenvalue weighted by Gasteiger charge is -2.19. The lowest BCUT2D eigenvalue weighted by Crippen LogP contribution is -2.28. The fourth-order valence-electron chi connectivity index (χ4n) is 1.96. The van der Waals surface area contributed by atoms with Crippen LogP contribution in [-0.2, 0) is 28.7 Å². The van der Waals surface area contributed by atoms with Gasteiger partial charge in [0.1, 0.15) is 0 Å². The van der Waals surface area contributed by atoms with E-state index in [1.54, 1.807) is 0 Å². The summed E-state index contributed by atoms with van der Waals surface area (Å²) in [6.07, 6.45) is -0.495. The van der Waals surface area contributed by atoms with Gasteiger partial charge in [-0.15, -0.1) is 0 Å². The predicted octanol–water partition coefficient (Wildman–Crippen LogP) is -0.174. The van der Waals surface area contributed by atoms with Crippen LogP contribution in [0.4, 0.5) is 0 Å². The molecule has 0 unspecified atom stereocenters. The number of hydrogen-bond acceptors (Lipinski definition) is 7. The van der Waals surface area contributed by atoms with E-state index in [0.717, 1.165) is 7.11 Å². The number of aliphatic hydroxyl groups is 1. The van der Waals surface area contributed by atoms with Crippen LogP contribution in [0.15, 0.2) is 22.9 Å². The Hall–Kier alpha value is -2.84. The van der Waals surface area contributed by atoms with Crippen LogP contribution in [0.25, 0.3) is 0 Å². The minimum absolute atomic E-state index is 0.0404. The fourth-order valence-corrected chi connectivity index (χ4v) is 1.96. The van der Waals surface area contributed by atoms with Crippen molar-refractivity contribution >= 4 is 23.4 Å². The maximum Gasteiger partial charge on any atom is 0.305 e. The van der Waals surface area contributed by atoms with Crippen molar-refractivity contribution in [3.05, 3.63) is 22.9 Å². The predicted molar refractivity (Wildman–Crippen MR) is 75.2 cm³/mol. The maximum absolute atomic E-state index is 12.2. The lowest BCUT2D eigenvalue weighted by atomic mass is 9.94. The first-order chi connectivity index (χ1) is 10.8. The van der Waals surface area contributed by atoms with Gasteiger partial charge in [0.25, 0.3) is 5.78 Å². The quantitative estimate of drug-likeness (QED) is 0.522. The summed E-state index contributed by atoms with van der Waals surface area (Å²) in [5, 5.41) is 20.5. The molecule has 0 saturated heterocycles. The highest BCUT2D eigenvalue weighted by molar-refractivity contribution is 6.22. The molecular formula is C14H17NO8. The van der Waals surface area contributed by atoms with E-state index in [9.17, 15) is 24.3 Å². The number of carboxylic acid groups (broad SMARTS) is 1. The average Bonchev–Trinajstić information content (AvgIpc) is 2.49. The molecule has 1 amide bonds. The van der Waals surface area contributed by atoms with Crippen molar-refractivity contribution in [1.29, 1.82) is 0 Å².